The summed E-state index contributed by atoms with van der Waals surface area (Å²) in [4.78, 5) is 33.3. The monoisotopic (exact) mass is 1410 g/mol. The highest BCUT2D eigenvalue weighted by atomic mass is 19.4. The lowest BCUT2D eigenvalue weighted by atomic mass is 9.77. The Hall–Kier alpha value is -12.1. The number of carbonyl (C=O) groups is 2. The Morgan fingerprint density at radius 2 is 0.819 bits per heavy atom. The number of carbonyl (C=O) groups excluding carboxylic acids is 2. The zero-order valence-electron chi connectivity index (χ0n) is 58.3. The Morgan fingerprint density at radius 1 is 0.448 bits per heavy atom. The van der Waals surface area contributed by atoms with Gasteiger partial charge < -0.3 is 20.4 Å². The molecule has 105 heavy (non-hydrogen) atoms. The number of nitrogens with one attached hydrogen (secondary N) is 2. The molecule has 11 aromatic carbocycles. The van der Waals surface area contributed by atoms with Crippen LogP contribution in [0.2, 0.25) is 0 Å². The van der Waals surface area contributed by atoms with E-state index in [0.29, 0.717) is 61.4 Å². The lowest BCUT2D eigenvalue weighted by Crippen LogP contribution is -2.39. The molecule has 12 aromatic rings. The third-order valence-electron chi connectivity index (χ3n) is 17.9. The fourth-order valence-electron chi connectivity index (χ4n) is 13.4. The summed E-state index contributed by atoms with van der Waals surface area (Å²) < 4.78 is 83.0. The molecule has 0 atom stereocenters. The highest BCUT2D eigenvalue weighted by Crippen LogP contribution is 2.43. The van der Waals surface area contributed by atoms with Crippen molar-refractivity contribution in [2.75, 3.05) is 40.1 Å². The zero-order valence-corrected chi connectivity index (χ0v) is 58.3. The van der Waals surface area contributed by atoms with Gasteiger partial charge in [-0.05, 0) is 120 Å². The first-order valence-corrected chi connectivity index (χ1v) is 34.7. The van der Waals surface area contributed by atoms with Crippen LogP contribution in [0.15, 0.2) is 301 Å². The quantitative estimate of drug-likeness (QED) is 0.0452. The van der Waals surface area contributed by atoms with Crippen molar-refractivity contribution < 1.29 is 35.9 Å². The molecular formula is C86H77F6N11O2. The molecule has 0 spiro atoms. The lowest BCUT2D eigenvalue weighted by molar-refractivity contribution is -0.139. The Kier molecular flexibility index (Phi) is 22.8. The second-order valence-electron chi connectivity index (χ2n) is 26.5. The van der Waals surface area contributed by atoms with Gasteiger partial charge >= 0.3 is 12.4 Å². The van der Waals surface area contributed by atoms with Crippen molar-refractivity contribution in [1.29, 1.82) is 0 Å². The van der Waals surface area contributed by atoms with Crippen LogP contribution in [0.3, 0.4) is 0 Å². The van der Waals surface area contributed by atoms with Crippen molar-refractivity contribution in [2.24, 2.45) is 27.3 Å². The second-order valence-corrected chi connectivity index (χ2v) is 26.5. The van der Waals surface area contributed by atoms with Gasteiger partial charge in [-0.3, -0.25) is 9.59 Å². The first-order valence-electron chi connectivity index (χ1n) is 34.7. The average molecular weight is 1410 g/mol. The van der Waals surface area contributed by atoms with Gasteiger partial charge in [-0.15, -0.1) is 20.1 Å². The maximum atomic E-state index is 14.0. The second kappa shape index (κ2) is 32.9. The number of rotatable bonds is 24. The minimum Gasteiger partial charge on any atom is -0.365 e. The van der Waals surface area contributed by atoms with E-state index in [4.69, 9.17) is 15.4 Å². The summed E-state index contributed by atoms with van der Waals surface area (Å²) in [7, 11) is 0. The molecule has 0 saturated heterocycles. The van der Waals surface area contributed by atoms with Crippen molar-refractivity contribution >= 4 is 40.3 Å². The molecule has 1 aromatic heterocycles. The van der Waals surface area contributed by atoms with E-state index >= 15 is 0 Å². The molecule has 2 heterocycles. The summed E-state index contributed by atoms with van der Waals surface area (Å²) in [6.07, 6.45) is -10.0. The molecule has 0 bridgehead atoms. The van der Waals surface area contributed by atoms with Gasteiger partial charge in [0.05, 0.1) is 52.4 Å². The van der Waals surface area contributed by atoms with Crippen LogP contribution in [0.4, 0.5) is 49.1 Å². The van der Waals surface area contributed by atoms with E-state index in [1.54, 1.807) is 4.80 Å². The Labute approximate surface area is 606 Å². The summed E-state index contributed by atoms with van der Waals surface area (Å²) >= 11 is 0. The minimum absolute atomic E-state index is 0.0781. The first kappa shape index (κ1) is 72.7. The van der Waals surface area contributed by atoms with Crippen LogP contribution in [0.1, 0.15) is 83.3 Å². The van der Waals surface area contributed by atoms with Crippen molar-refractivity contribution in [3.63, 3.8) is 0 Å². The van der Waals surface area contributed by atoms with E-state index < -0.39 is 53.7 Å². The van der Waals surface area contributed by atoms with E-state index in [1.807, 2.05) is 200 Å². The van der Waals surface area contributed by atoms with Gasteiger partial charge in [0, 0.05) is 37.3 Å². The van der Waals surface area contributed by atoms with E-state index in [0.717, 1.165) is 84.9 Å². The van der Waals surface area contributed by atoms with E-state index in [2.05, 4.69) is 100.0 Å². The van der Waals surface area contributed by atoms with Crippen LogP contribution < -0.4 is 20.4 Å². The normalized spacial score (nSPS) is 12.2. The van der Waals surface area contributed by atoms with Crippen molar-refractivity contribution in [1.82, 2.24) is 20.2 Å². The van der Waals surface area contributed by atoms with Gasteiger partial charge in [0.25, 0.3) is 0 Å². The number of halogens is 6. The summed E-state index contributed by atoms with van der Waals surface area (Å²) in [5, 5.41) is 32.6. The summed E-state index contributed by atoms with van der Waals surface area (Å²) in [5.74, 6) is -0.160. The molecule has 1 aliphatic heterocycles. The van der Waals surface area contributed by atoms with Gasteiger partial charge in [0.1, 0.15) is 6.54 Å². The van der Waals surface area contributed by atoms with Crippen LogP contribution in [-0.2, 0) is 53.4 Å². The molecule has 530 valence electrons. The highest BCUT2D eigenvalue weighted by Gasteiger charge is 2.42. The number of hydrogen-bond acceptors (Lipinski definition) is 10. The van der Waals surface area contributed by atoms with Gasteiger partial charge in [0.15, 0.2) is 5.54 Å². The molecule has 13 rings (SSSR count). The maximum absolute atomic E-state index is 14.0. The molecule has 0 aliphatic carbocycles. The average Bonchev–Trinajstić information content (AvgIpc) is 1.70. The number of tetrazole rings is 1. The highest BCUT2D eigenvalue weighted by molar-refractivity contribution is 6.08. The summed E-state index contributed by atoms with van der Waals surface area (Å²) in [5.41, 5.74) is 10.3. The summed E-state index contributed by atoms with van der Waals surface area (Å²) in [6.45, 7) is 11.3. The van der Waals surface area contributed by atoms with E-state index in [1.165, 1.54) is 36.4 Å². The number of nitrogens with zero attached hydrogens (tertiary/aromatic N) is 9. The topological polar surface area (TPSA) is 145 Å². The molecule has 19 heteroatoms. The first-order chi connectivity index (χ1) is 50.8. The predicted molar refractivity (Wildman–Crippen MR) is 404 cm³/mol. The van der Waals surface area contributed by atoms with Gasteiger partial charge in [-0.2, -0.15) is 31.5 Å². The molecule has 1 aliphatic rings. The Bertz CT molecular complexity index is 4900. The van der Waals surface area contributed by atoms with E-state index in [9.17, 15) is 35.9 Å². The van der Waals surface area contributed by atoms with Crippen molar-refractivity contribution in [3.8, 4) is 33.6 Å². The lowest BCUT2D eigenvalue weighted by Gasteiger charge is -2.34. The molecule has 2 N–H and O–H groups in total. The minimum atomic E-state index is -4.60. The van der Waals surface area contributed by atoms with Crippen LogP contribution >= 0.6 is 0 Å². The third-order valence-corrected chi connectivity index (χ3v) is 17.9. The number of amides is 2. The van der Waals surface area contributed by atoms with Crippen LogP contribution in [0.25, 0.3) is 33.6 Å². The number of benzene rings is 11. The Morgan fingerprint density at radius 3 is 1.22 bits per heavy atom. The molecule has 2 amide bonds. The van der Waals surface area contributed by atoms with Crippen LogP contribution in [0, 0.1) is 11.8 Å². The Balaban J connectivity index is 0.000000211. The maximum Gasteiger partial charge on any atom is 0.416 e. The standard InChI is InChI=1S/C52H45F3N6O.C34H32F3N5O/c1-37(2)35-60(36-38-19-7-3-8-20-38)48-32-31-39(33-47(48)56-49(62)34-40-21-15-18-30-46(40)52(53,54)55)44-28-16-17-29-45(44)50-57-59-61(58-50)51(41-22-9-4-10-23-41,42-24-11-5-12-25-42)43-26-13-6-14-27-43;1-23(2)21-42(22-24-10-4-3-5-11-24)32-17-16-25(27-13-7-8-14-28(27)31-20-38-41-40-31)18-30(32)39-33(43)19-26-12-6-9-15-29(26)34(35,36)37/h3-33,37H,34-36H2,1-2H3,(H,56,62);3-18,23H,19-22H2,1-2H3,(H,39,43). The number of anilines is 4. The predicted octanol–water partition coefficient (Wildman–Crippen LogP) is 20.1. The number of hydrogen-bond donors (Lipinski definition) is 2. The third kappa shape index (κ3) is 17.5. The molecule has 0 unspecified atom stereocenters. The molecule has 0 radical (unpaired) electrons. The van der Waals surface area contributed by atoms with Crippen molar-refractivity contribution in [2.45, 2.75) is 71.5 Å². The van der Waals surface area contributed by atoms with Crippen LogP contribution in [0.5, 0.6) is 0 Å². The molecule has 0 fully saturated rings. The fraction of sp³-hybridized carbons (Fsp3) is 0.186. The largest absolute Gasteiger partial charge is 0.416 e. The van der Waals surface area contributed by atoms with E-state index in [-0.39, 0.29) is 17.0 Å². The fourth-order valence-corrected chi connectivity index (χ4v) is 13.4. The van der Waals surface area contributed by atoms with Gasteiger partial charge in [0.2, 0.25) is 17.6 Å². The number of aromatic nitrogens is 4. The molecule has 0 saturated carbocycles. The SMILES string of the molecule is CC(C)CN(Cc1ccccc1)c1ccc(-c2ccccc2-c2nnn(C(c3ccccc3)(c3ccccc3)c3ccccc3)n2)cc1NC(=O)Cc1ccccc1C(F)(F)F.CC(C)CN(Cc1ccccc1)c1ccc(-c2ccccc2C2=NN=NC2)cc1NC(=O)Cc1ccccc1C(F)(F)F. The van der Waals surface area contributed by atoms with Crippen LogP contribution in [-0.4, -0.2) is 57.4 Å². The van der Waals surface area contributed by atoms with Gasteiger partial charge in [-0.25, -0.2) is 0 Å². The van der Waals surface area contributed by atoms with Crippen molar-refractivity contribution in [3.05, 3.63) is 341 Å². The van der Waals surface area contributed by atoms with Gasteiger partial charge in [-0.1, -0.05) is 276 Å². The molecular weight excluding hydrogens is 1330 g/mol. The smallest absolute Gasteiger partial charge is 0.365 e. The molecule has 13 nitrogen and oxygen atoms in total. The number of alkyl halides is 6. The zero-order chi connectivity index (χ0) is 73.5. The summed E-state index contributed by atoms with van der Waals surface area (Å²) in [6, 6.07) is 87.9.